The molecule has 5 nitrogen and oxygen atoms in total. The van der Waals surface area contributed by atoms with Crippen molar-refractivity contribution in [3.8, 4) is 0 Å². The Labute approximate surface area is 121 Å². The lowest BCUT2D eigenvalue weighted by molar-refractivity contribution is -0.141. The van der Waals surface area contributed by atoms with Crippen LogP contribution in [0.15, 0.2) is 16.7 Å². The summed E-state index contributed by atoms with van der Waals surface area (Å²) in [6, 6.07) is 1.89. The highest BCUT2D eigenvalue weighted by Crippen LogP contribution is 2.19. The molecule has 0 saturated heterocycles. The quantitative estimate of drug-likeness (QED) is 0.842. The normalized spacial score (nSPS) is 12.5. The van der Waals surface area contributed by atoms with Crippen LogP contribution in [0.1, 0.15) is 43.7 Å². The maximum absolute atomic E-state index is 12.1. The summed E-state index contributed by atoms with van der Waals surface area (Å²) in [6.07, 6.45) is 2.33. The molecular formula is C13H19BrN2O3. The smallest absolute Gasteiger partial charge is 0.308 e. The Morgan fingerprint density at radius 3 is 2.58 bits per heavy atom. The summed E-state index contributed by atoms with van der Waals surface area (Å²) >= 11 is 3.34. The standard InChI is InChI=1S/C13H19BrN2O3/c1-4-9(13(18)19)6-15-12(17)11-5-10(14)7-16(11)8(2)3/h5,7-9H,4,6H2,1-3H3,(H,15,17)(H,18,19). The Kier molecular flexibility index (Phi) is 5.60. The number of nitrogens with one attached hydrogen (secondary N) is 1. The lowest BCUT2D eigenvalue weighted by Gasteiger charge is -2.14. The van der Waals surface area contributed by atoms with Gasteiger partial charge in [-0.05, 0) is 42.3 Å². The van der Waals surface area contributed by atoms with Crippen molar-refractivity contribution in [3.63, 3.8) is 0 Å². The van der Waals surface area contributed by atoms with Gasteiger partial charge in [0.1, 0.15) is 5.69 Å². The number of carbonyl (C=O) groups is 2. The topological polar surface area (TPSA) is 71.3 Å². The van der Waals surface area contributed by atoms with Crippen LogP contribution in [0.2, 0.25) is 0 Å². The Morgan fingerprint density at radius 1 is 1.47 bits per heavy atom. The second-order valence-corrected chi connectivity index (χ2v) is 5.61. The highest BCUT2D eigenvalue weighted by molar-refractivity contribution is 9.10. The van der Waals surface area contributed by atoms with Crippen molar-refractivity contribution in [2.75, 3.05) is 6.54 Å². The van der Waals surface area contributed by atoms with Crippen molar-refractivity contribution in [2.24, 2.45) is 5.92 Å². The van der Waals surface area contributed by atoms with Gasteiger partial charge < -0.3 is 15.0 Å². The fourth-order valence-corrected chi connectivity index (χ4v) is 2.21. The van der Waals surface area contributed by atoms with Crippen molar-refractivity contribution in [1.29, 1.82) is 0 Å². The van der Waals surface area contributed by atoms with E-state index in [9.17, 15) is 9.59 Å². The number of aromatic nitrogens is 1. The molecule has 0 aromatic carbocycles. The van der Waals surface area contributed by atoms with Crippen molar-refractivity contribution in [3.05, 3.63) is 22.4 Å². The molecule has 2 N–H and O–H groups in total. The molecule has 0 aliphatic carbocycles. The van der Waals surface area contributed by atoms with Crippen LogP contribution in [0.25, 0.3) is 0 Å². The minimum absolute atomic E-state index is 0.144. The summed E-state index contributed by atoms with van der Waals surface area (Å²) in [5.74, 6) is -1.68. The molecule has 106 valence electrons. The molecule has 19 heavy (non-hydrogen) atoms. The predicted octanol–water partition coefficient (Wildman–Crippen LogP) is 2.67. The van der Waals surface area contributed by atoms with Crippen molar-refractivity contribution >= 4 is 27.8 Å². The number of hydrogen-bond acceptors (Lipinski definition) is 2. The van der Waals surface area contributed by atoms with Gasteiger partial charge in [-0.15, -0.1) is 0 Å². The second kappa shape index (κ2) is 6.75. The Balaban J connectivity index is 2.76. The minimum atomic E-state index is -0.886. The third-order valence-electron chi connectivity index (χ3n) is 2.96. The maximum atomic E-state index is 12.1. The van der Waals surface area contributed by atoms with Crippen LogP contribution in [-0.4, -0.2) is 28.1 Å². The van der Waals surface area contributed by atoms with Crippen LogP contribution in [0.5, 0.6) is 0 Å². The largest absolute Gasteiger partial charge is 0.481 e. The van der Waals surface area contributed by atoms with Crippen LogP contribution in [0, 0.1) is 5.92 Å². The molecule has 0 bridgehead atoms. The summed E-state index contributed by atoms with van der Waals surface area (Å²) in [4.78, 5) is 23.0. The SMILES string of the molecule is CCC(CNC(=O)c1cc(Br)cn1C(C)C)C(=O)O. The van der Waals surface area contributed by atoms with Gasteiger partial charge in [0.2, 0.25) is 0 Å². The van der Waals surface area contributed by atoms with Gasteiger partial charge in [-0.1, -0.05) is 6.92 Å². The summed E-state index contributed by atoms with van der Waals surface area (Å²) < 4.78 is 2.68. The molecule has 1 rings (SSSR count). The minimum Gasteiger partial charge on any atom is -0.481 e. The van der Waals surface area contributed by atoms with Gasteiger partial charge in [0.15, 0.2) is 0 Å². The van der Waals surface area contributed by atoms with Crippen molar-refractivity contribution in [2.45, 2.75) is 33.2 Å². The monoisotopic (exact) mass is 330 g/mol. The van der Waals surface area contributed by atoms with E-state index >= 15 is 0 Å². The number of carboxylic acid groups (broad SMARTS) is 1. The van der Waals surface area contributed by atoms with Crippen molar-refractivity contribution < 1.29 is 14.7 Å². The Morgan fingerprint density at radius 2 is 2.11 bits per heavy atom. The summed E-state index contributed by atoms with van der Waals surface area (Å²) in [6.45, 7) is 5.90. The van der Waals surface area contributed by atoms with Crippen molar-refractivity contribution in [1.82, 2.24) is 9.88 Å². The molecule has 1 aromatic rings. The zero-order chi connectivity index (χ0) is 14.6. The van der Waals surface area contributed by atoms with Gasteiger partial charge in [0, 0.05) is 23.3 Å². The molecule has 0 spiro atoms. The molecule has 1 unspecified atom stereocenters. The van der Waals surface area contributed by atoms with E-state index in [4.69, 9.17) is 5.11 Å². The molecule has 1 aromatic heterocycles. The van der Waals surface area contributed by atoms with E-state index in [-0.39, 0.29) is 18.5 Å². The van der Waals surface area contributed by atoms with E-state index < -0.39 is 11.9 Å². The van der Waals surface area contributed by atoms with Crippen LogP contribution in [0.3, 0.4) is 0 Å². The number of nitrogens with zero attached hydrogens (tertiary/aromatic N) is 1. The summed E-state index contributed by atoms with van der Waals surface area (Å²) in [7, 11) is 0. The Hall–Kier alpha value is -1.30. The van der Waals surface area contributed by atoms with Gasteiger partial charge in [-0.25, -0.2) is 0 Å². The second-order valence-electron chi connectivity index (χ2n) is 4.70. The number of hydrogen-bond donors (Lipinski definition) is 2. The first-order valence-electron chi connectivity index (χ1n) is 6.25. The maximum Gasteiger partial charge on any atom is 0.308 e. The third-order valence-corrected chi connectivity index (χ3v) is 3.39. The zero-order valence-electron chi connectivity index (χ0n) is 11.3. The molecule has 0 saturated carbocycles. The lowest BCUT2D eigenvalue weighted by atomic mass is 10.1. The van der Waals surface area contributed by atoms with E-state index in [1.165, 1.54) is 0 Å². The number of rotatable bonds is 6. The van der Waals surface area contributed by atoms with Gasteiger partial charge >= 0.3 is 5.97 Å². The van der Waals surface area contributed by atoms with E-state index in [2.05, 4.69) is 21.2 Å². The molecule has 1 amide bonds. The van der Waals surface area contributed by atoms with Gasteiger partial charge in [0.05, 0.1) is 5.92 Å². The van der Waals surface area contributed by atoms with Gasteiger partial charge in [-0.2, -0.15) is 0 Å². The first-order chi connectivity index (χ1) is 8.86. The van der Waals surface area contributed by atoms with E-state index in [1.54, 1.807) is 13.0 Å². The highest BCUT2D eigenvalue weighted by atomic mass is 79.9. The first-order valence-corrected chi connectivity index (χ1v) is 7.04. The van der Waals surface area contributed by atoms with Gasteiger partial charge in [-0.3, -0.25) is 9.59 Å². The third kappa shape index (κ3) is 4.09. The first kappa shape index (κ1) is 15.8. The molecule has 6 heteroatoms. The Bertz CT molecular complexity index is 468. The van der Waals surface area contributed by atoms with E-state index in [0.717, 1.165) is 4.47 Å². The molecular weight excluding hydrogens is 312 g/mol. The zero-order valence-corrected chi connectivity index (χ0v) is 12.9. The lowest BCUT2D eigenvalue weighted by Crippen LogP contribution is -2.33. The van der Waals surface area contributed by atoms with Crippen LogP contribution in [0.4, 0.5) is 0 Å². The highest BCUT2D eigenvalue weighted by Gasteiger charge is 2.19. The molecule has 0 fully saturated rings. The average Bonchev–Trinajstić information content (AvgIpc) is 2.71. The summed E-state index contributed by atoms with van der Waals surface area (Å²) in [5.41, 5.74) is 0.530. The molecule has 1 heterocycles. The fourth-order valence-electron chi connectivity index (χ4n) is 1.77. The van der Waals surface area contributed by atoms with Crippen LogP contribution >= 0.6 is 15.9 Å². The number of amides is 1. The van der Waals surface area contributed by atoms with Crippen LogP contribution < -0.4 is 5.32 Å². The fraction of sp³-hybridized carbons (Fsp3) is 0.538. The molecule has 1 atom stereocenters. The summed E-state index contributed by atoms with van der Waals surface area (Å²) in [5, 5.41) is 11.6. The molecule has 0 radical (unpaired) electrons. The van der Waals surface area contributed by atoms with E-state index in [1.807, 2.05) is 24.6 Å². The van der Waals surface area contributed by atoms with E-state index in [0.29, 0.717) is 12.1 Å². The molecule has 0 aliphatic rings. The number of carbonyl (C=O) groups excluding carboxylic acids is 1. The van der Waals surface area contributed by atoms with Crippen LogP contribution in [-0.2, 0) is 4.79 Å². The number of carboxylic acids is 1. The average molecular weight is 331 g/mol. The number of halogens is 1. The van der Waals surface area contributed by atoms with Gasteiger partial charge in [0.25, 0.3) is 5.91 Å². The number of aliphatic carboxylic acids is 1. The predicted molar refractivity (Wildman–Crippen MR) is 76.3 cm³/mol. The molecule has 0 aliphatic heterocycles.